The van der Waals surface area contributed by atoms with Crippen LogP contribution < -0.4 is 0 Å². The fraction of sp³-hybridized carbons (Fsp3) is 1.00. The summed E-state index contributed by atoms with van der Waals surface area (Å²) in [7, 11) is 2.19. The molecule has 0 amide bonds. The highest BCUT2D eigenvalue weighted by Crippen LogP contribution is 2.28. The Kier molecular flexibility index (Phi) is 8.70. The van der Waals surface area contributed by atoms with Crippen LogP contribution in [0.25, 0.3) is 0 Å². The maximum atomic E-state index is 8.70. The molecule has 0 aromatic rings. The van der Waals surface area contributed by atoms with E-state index in [1.807, 2.05) is 0 Å². The van der Waals surface area contributed by atoms with Crippen molar-refractivity contribution in [2.24, 2.45) is 11.3 Å². The molecule has 98 valence electrons. The predicted molar refractivity (Wildman–Crippen MR) is 75.2 cm³/mol. The van der Waals surface area contributed by atoms with Crippen LogP contribution in [0.4, 0.5) is 0 Å². The summed E-state index contributed by atoms with van der Waals surface area (Å²) in [6.07, 6.45) is 3.26. The first-order chi connectivity index (χ1) is 7.41. The van der Waals surface area contributed by atoms with Crippen molar-refractivity contribution in [2.75, 3.05) is 32.1 Å². The Balaban J connectivity index is 3.79. The summed E-state index contributed by atoms with van der Waals surface area (Å²) in [5.74, 6) is 0.690. The lowest BCUT2D eigenvalue weighted by atomic mass is 9.82. The van der Waals surface area contributed by atoms with Crippen LogP contribution in [-0.2, 0) is 0 Å². The zero-order valence-corrected chi connectivity index (χ0v) is 12.9. The Morgan fingerprint density at radius 2 is 1.81 bits per heavy atom. The zero-order chi connectivity index (χ0) is 12.6. The first-order valence-electron chi connectivity index (χ1n) is 6.27. The van der Waals surface area contributed by atoms with Crippen LogP contribution >= 0.6 is 15.9 Å². The number of aliphatic hydroxyl groups excluding tert-OH is 1. The molecule has 0 fully saturated rings. The first kappa shape index (κ1) is 16.4. The predicted octanol–water partition coefficient (Wildman–Crippen LogP) is 3.14. The standard InChI is InChI=1S/C13H28BrNO/c1-13(2,3)12(10-14)11-15(4)8-6-5-7-9-16/h12,16H,5-11H2,1-4H3. The monoisotopic (exact) mass is 293 g/mol. The van der Waals surface area contributed by atoms with Crippen LogP contribution in [-0.4, -0.2) is 42.1 Å². The normalized spacial score (nSPS) is 14.4. The second-order valence-corrected chi connectivity index (χ2v) is 6.41. The van der Waals surface area contributed by atoms with E-state index in [0.717, 1.165) is 31.3 Å². The second kappa shape index (κ2) is 8.48. The summed E-state index contributed by atoms with van der Waals surface area (Å²) >= 11 is 3.61. The zero-order valence-electron chi connectivity index (χ0n) is 11.3. The molecule has 0 aliphatic carbocycles. The minimum atomic E-state index is 0.329. The minimum Gasteiger partial charge on any atom is -0.396 e. The third kappa shape index (κ3) is 7.64. The Morgan fingerprint density at radius 3 is 2.25 bits per heavy atom. The molecule has 1 atom stereocenters. The fourth-order valence-electron chi connectivity index (χ4n) is 1.69. The Bertz CT molecular complexity index is 168. The molecule has 0 saturated heterocycles. The molecule has 16 heavy (non-hydrogen) atoms. The molecule has 0 aliphatic rings. The van der Waals surface area contributed by atoms with Crippen molar-refractivity contribution in [2.45, 2.75) is 40.0 Å². The number of unbranched alkanes of at least 4 members (excludes halogenated alkanes) is 2. The summed E-state index contributed by atoms with van der Waals surface area (Å²) < 4.78 is 0. The van der Waals surface area contributed by atoms with E-state index in [1.54, 1.807) is 0 Å². The summed E-state index contributed by atoms with van der Waals surface area (Å²) in [6, 6.07) is 0. The van der Waals surface area contributed by atoms with E-state index >= 15 is 0 Å². The lowest BCUT2D eigenvalue weighted by Crippen LogP contribution is -2.34. The van der Waals surface area contributed by atoms with Crippen LogP contribution in [0, 0.1) is 11.3 Å². The van der Waals surface area contributed by atoms with Gasteiger partial charge in [0.1, 0.15) is 0 Å². The van der Waals surface area contributed by atoms with Crippen molar-refractivity contribution in [1.82, 2.24) is 4.90 Å². The van der Waals surface area contributed by atoms with Crippen molar-refractivity contribution in [3.05, 3.63) is 0 Å². The van der Waals surface area contributed by atoms with Gasteiger partial charge in [0.2, 0.25) is 0 Å². The van der Waals surface area contributed by atoms with Gasteiger partial charge in [0.15, 0.2) is 0 Å². The molecule has 0 rings (SSSR count). The topological polar surface area (TPSA) is 23.5 Å². The lowest BCUT2D eigenvalue weighted by molar-refractivity contribution is 0.184. The number of alkyl halides is 1. The van der Waals surface area contributed by atoms with Crippen molar-refractivity contribution in [3.63, 3.8) is 0 Å². The average Bonchev–Trinajstić information content (AvgIpc) is 2.19. The molecule has 1 unspecified atom stereocenters. The fourth-order valence-corrected chi connectivity index (χ4v) is 2.87. The quantitative estimate of drug-likeness (QED) is 0.549. The summed E-state index contributed by atoms with van der Waals surface area (Å²) in [4.78, 5) is 2.41. The average molecular weight is 294 g/mol. The Labute approximate surface area is 110 Å². The van der Waals surface area contributed by atoms with Crippen LogP contribution in [0.2, 0.25) is 0 Å². The molecule has 0 saturated carbocycles. The molecule has 3 heteroatoms. The third-order valence-corrected chi connectivity index (χ3v) is 3.92. The van der Waals surface area contributed by atoms with Crippen LogP contribution in [0.1, 0.15) is 40.0 Å². The first-order valence-corrected chi connectivity index (χ1v) is 7.39. The molecule has 0 heterocycles. The van der Waals surface area contributed by atoms with Crippen LogP contribution in [0.15, 0.2) is 0 Å². The van der Waals surface area contributed by atoms with E-state index in [4.69, 9.17) is 5.11 Å². The molecule has 2 nitrogen and oxygen atoms in total. The van der Waals surface area contributed by atoms with E-state index in [-0.39, 0.29) is 0 Å². The van der Waals surface area contributed by atoms with Gasteiger partial charge in [-0.25, -0.2) is 0 Å². The SMILES string of the molecule is CN(CCCCCO)CC(CBr)C(C)(C)C. The van der Waals surface area contributed by atoms with Gasteiger partial charge in [-0.3, -0.25) is 0 Å². The van der Waals surface area contributed by atoms with Gasteiger partial charge >= 0.3 is 0 Å². The molecule has 0 aromatic heterocycles. The highest BCUT2D eigenvalue weighted by Gasteiger charge is 2.24. The van der Waals surface area contributed by atoms with E-state index in [1.165, 1.54) is 6.42 Å². The van der Waals surface area contributed by atoms with E-state index in [9.17, 15) is 0 Å². The molecular formula is C13H28BrNO. The number of rotatable bonds is 8. The molecular weight excluding hydrogens is 266 g/mol. The maximum Gasteiger partial charge on any atom is 0.0431 e. The van der Waals surface area contributed by atoms with E-state index < -0.39 is 0 Å². The molecule has 0 spiro atoms. The molecule has 0 aromatic carbocycles. The van der Waals surface area contributed by atoms with Crippen molar-refractivity contribution in [3.8, 4) is 0 Å². The van der Waals surface area contributed by atoms with Gasteiger partial charge in [0.25, 0.3) is 0 Å². The van der Waals surface area contributed by atoms with E-state index in [2.05, 4.69) is 48.6 Å². The van der Waals surface area contributed by atoms with Crippen LogP contribution in [0.5, 0.6) is 0 Å². The minimum absolute atomic E-state index is 0.329. The summed E-state index contributed by atoms with van der Waals surface area (Å²) in [5.41, 5.74) is 0.364. The number of hydrogen-bond donors (Lipinski definition) is 1. The Hall–Kier alpha value is 0.400. The highest BCUT2D eigenvalue weighted by atomic mass is 79.9. The second-order valence-electron chi connectivity index (χ2n) is 5.76. The molecule has 0 bridgehead atoms. The van der Waals surface area contributed by atoms with Gasteiger partial charge in [0.05, 0.1) is 0 Å². The van der Waals surface area contributed by atoms with Crippen molar-refractivity contribution < 1.29 is 5.11 Å². The number of aliphatic hydroxyl groups is 1. The molecule has 0 radical (unpaired) electrons. The maximum absolute atomic E-state index is 8.70. The third-order valence-electron chi connectivity index (χ3n) is 3.14. The summed E-state index contributed by atoms with van der Waals surface area (Å²) in [6.45, 7) is 9.53. The van der Waals surface area contributed by atoms with Gasteiger partial charge < -0.3 is 10.0 Å². The highest BCUT2D eigenvalue weighted by molar-refractivity contribution is 9.09. The van der Waals surface area contributed by atoms with Crippen LogP contribution in [0.3, 0.4) is 0 Å². The van der Waals surface area contributed by atoms with Gasteiger partial charge in [-0.15, -0.1) is 0 Å². The number of halogens is 1. The molecule has 1 N–H and O–H groups in total. The Morgan fingerprint density at radius 1 is 1.19 bits per heavy atom. The summed E-state index contributed by atoms with van der Waals surface area (Å²) in [5, 5.41) is 9.77. The van der Waals surface area contributed by atoms with Crippen molar-refractivity contribution >= 4 is 15.9 Å². The van der Waals surface area contributed by atoms with Gasteiger partial charge in [-0.1, -0.05) is 36.7 Å². The van der Waals surface area contributed by atoms with E-state index in [0.29, 0.717) is 17.9 Å². The van der Waals surface area contributed by atoms with Gasteiger partial charge in [-0.2, -0.15) is 0 Å². The lowest BCUT2D eigenvalue weighted by Gasteiger charge is -2.32. The van der Waals surface area contributed by atoms with Gasteiger partial charge in [0, 0.05) is 18.5 Å². The van der Waals surface area contributed by atoms with Crippen molar-refractivity contribution in [1.29, 1.82) is 0 Å². The largest absolute Gasteiger partial charge is 0.396 e. The van der Waals surface area contributed by atoms with Gasteiger partial charge in [-0.05, 0) is 44.2 Å². The molecule has 0 aliphatic heterocycles. The number of nitrogens with zero attached hydrogens (tertiary/aromatic N) is 1. The smallest absolute Gasteiger partial charge is 0.0431 e. The number of hydrogen-bond acceptors (Lipinski definition) is 2.